The molecule has 0 saturated carbocycles. The number of anilines is 1. The van der Waals surface area contributed by atoms with Gasteiger partial charge in [-0.25, -0.2) is 9.18 Å². The van der Waals surface area contributed by atoms with Crippen molar-refractivity contribution in [2.45, 2.75) is 24.3 Å². The minimum Gasteiger partial charge on any atom is -0.479 e. The van der Waals surface area contributed by atoms with Crippen molar-refractivity contribution >= 4 is 23.5 Å². The number of fused-ring (bicyclic) bond motifs is 1. The number of carboxylic acids is 1. The summed E-state index contributed by atoms with van der Waals surface area (Å²) in [6, 6.07) is 3.76. The van der Waals surface area contributed by atoms with Crippen molar-refractivity contribution in [3.8, 4) is 0 Å². The van der Waals surface area contributed by atoms with E-state index in [1.165, 1.54) is 12.1 Å². The van der Waals surface area contributed by atoms with E-state index in [2.05, 4.69) is 10.6 Å². The van der Waals surface area contributed by atoms with E-state index in [-0.39, 0.29) is 31.7 Å². The lowest BCUT2D eigenvalue weighted by atomic mass is 9.88. The average Bonchev–Trinajstić information content (AvgIpc) is 2.95. The molecule has 8 heteroatoms. The molecule has 2 amide bonds. The zero-order valence-electron chi connectivity index (χ0n) is 12.1. The van der Waals surface area contributed by atoms with E-state index in [9.17, 15) is 23.9 Å². The van der Waals surface area contributed by atoms with Gasteiger partial charge in [-0.3, -0.25) is 9.59 Å². The summed E-state index contributed by atoms with van der Waals surface area (Å²) in [5.74, 6) is -3.58. The van der Waals surface area contributed by atoms with Gasteiger partial charge in [-0.1, -0.05) is 6.07 Å². The SMILES string of the molecule is O=C1CC(C(=O)NC2(C(=O)O)CCOC2)c2ccc(F)cc2N1. The Kier molecular flexibility index (Phi) is 3.77. The predicted octanol–water partition coefficient (Wildman–Crippen LogP) is 0.611. The van der Waals surface area contributed by atoms with Crippen molar-refractivity contribution < 1.29 is 28.6 Å². The molecule has 3 N–H and O–H groups in total. The first-order valence-corrected chi connectivity index (χ1v) is 7.14. The number of carboxylic acid groups (broad SMARTS) is 1. The van der Waals surface area contributed by atoms with Gasteiger partial charge in [0.05, 0.1) is 12.5 Å². The molecule has 0 radical (unpaired) electrons. The Bertz CT molecular complexity index is 684. The van der Waals surface area contributed by atoms with Gasteiger partial charge in [-0.2, -0.15) is 0 Å². The highest BCUT2D eigenvalue weighted by molar-refractivity contribution is 6.02. The molecule has 0 aromatic heterocycles. The fraction of sp³-hybridized carbons (Fsp3) is 0.400. The van der Waals surface area contributed by atoms with Gasteiger partial charge in [-0.15, -0.1) is 0 Å². The fourth-order valence-electron chi connectivity index (χ4n) is 2.88. The molecule has 0 aliphatic carbocycles. The number of benzene rings is 1. The lowest BCUT2D eigenvalue weighted by Crippen LogP contribution is -2.56. The number of amides is 2. The molecule has 1 fully saturated rings. The van der Waals surface area contributed by atoms with E-state index in [0.29, 0.717) is 5.56 Å². The highest BCUT2D eigenvalue weighted by Crippen LogP contribution is 2.33. The molecule has 2 aliphatic heterocycles. The highest BCUT2D eigenvalue weighted by atomic mass is 19.1. The van der Waals surface area contributed by atoms with Gasteiger partial charge in [-0.05, 0) is 17.7 Å². The van der Waals surface area contributed by atoms with Gasteiger partial charge in [0.15, 0.2) is 5.54 Å². The summed E-state index contributed by atoms with van der Waals surface area (Å²) in [7, 11) is 0. The molecular weight excluding hydrogens is 307 g/mol. The lowest BCUT2D eigenvalue weighted by Gasteiger charge is -2.29. The molecule has 2 atom stereocenters. The van der Waals surface area contributed by atoms with Crippen LogP contribution in [-0.2, 0) is 19.1 Å². The molecule has 122 valence electrons. The summed E-state index contributed by atoms with van der Waals surface area (Å²) in [6.07, 6.45) is 0.0320. The topological polar surface area (TPSA) is 105 Å². The zero-order valence-corrected chi connectivity index (χ0v) is 12.1. The van der Waals surface area contributed by atoms with Gasteiger partial charge in [0.2, 0.25) is 11.8 Å². The van der Waals surface area contributed by atoms with E-state index < -0.39 is 35.1 Å². The van der Waals surface area contributed by atoms with Crippen molar-refractivity contribution in [2.75, 3.05) is 18.5 Å². The number of aliphatic carboxylic acids is 1. The number of ether oxygens (including phenoxy) is 1. The molecule has 23 heavy (non-hydrogen) atoms. The Morgan fingerprint density at radius 2 is 2.22 bits per heavy atom. The third-order valence-electron chi connectivity index (χ3n) is 4.16. The number of hydrogen-bond acceptors (Lipinski definition) is 4. The third kappa shape index (κ3) is 2.77. The second kappa shape index (κ2) is 5.62. The smallest absolute Gasteiger partial charge is 0.331 e. The van der Waals surface area contributed by atoms with Crippen molar-refractivity contribution in [3.63, 3.8) is 0 Å². The van der Waals surface area contributed by atoms with Gasteiger partial charge >= 0.3 is 5.97 Å². The first-order valence-electron chi connectivity index (χ1n) is 7.14. The number of rotatable bonds is 3. The first-order chi connectivity index (χ1) is 10.9. The largest absolute Gasteiger partial charge is 0.479 e. The van der Waals surface area contributed by atoms with Crippen LogP contribution in [0.2, 0.25) is 0 Å². The predicted molar refractivity (Wildman–Crippen MR) is 76.3 cm³/mol. The maximum Gasteiger partial charge on any atom is 0.331 e. The molecule has 1 aromatic carbocycles. The summed E-state index contributed by atoms with van der Waals surface area (Å²) in [5, 5.41) is 14.4. The van der Waals surface area contributed by atoms with E-state index in [1.54, 1.807) is 0 Å². The van der Waals surface area contributed by atoms with Crippen molar-refractivity contribution in [1.29, 1.82) is 0 Å². The van der Waals surface area contributed by atoms with Gasteiger partial charge in [0.25, 0.3) is 0 Å². The molecule has 2 aliphatic rings. The molecule has 0 spiro atoms. The van der Waals surface area contributed by atoms with Crippen molar-refractivity contribution in [1.82, 2.24) is 5.32 Å². The molecule has 0 bridgehead atoms. The van der Waals surface area contributed by atoms with Gasteiger partial charge in [0.1, 0.15) is 5.82 Å². The van der Waals surface area contributed by atoms with Crippen LogP contribution < -0.4 is 10.6 Å². The normalized spacial score (nSPS) is 26.3. The number of nitrogens with one attached hydrogen (secondary N) is 2. The van der Waals surface area contributed by atoms with Crippen molar-refractivity contribution in [3.05, 3.63) is 29.6 Å². The number of carbonyl (C=O) groups excluding carboxylic acids is 2. The van der Waals surface area contributed by atoms with E-state index in [4.69, 9.17) is 4.74 Å². The summed E-state index contributed by atoms with van der Waals surface area (Å²) in [5.41, 5.74) is -0.790. The van der Waals surface area contributed by atoms with Gasteiger partial charge < -0.3 is 20.5 Å². The number of halogens is 1. The van der Waals surface area contributed by atoms with Crippen LogP contribution in [0.15, 0.2) is 18.2 Å². The second-order valence-corrected chi connectivity index (χ2v) is 5.72. The lowest BCUT2D eigenvalue weighted by molar-refractivity contribution is -0.148. The summed E-state index contributed by atoms with van der Waals surface area (Å²) in [4.78, 5) is 35.8. The summed E-state index contributed by atoms with van der Waals surface area (Å²) >= 11 is 0. The van der Waals surface area contributed by atoms with E-state index >= 15 is 0 Å². The Morgan fingerprint density at radius 3 is 2.87 bits per heavy atom. The standard InChI is InChI=1S/C15H15FN2O5/c16-8-1-2-9-10(6-12(19)17-11(9)5-8)13(20)18-15(14(21)22)3-4-23-7-15/h1-2,5,10H,3-4,6-7H2,(H,17,19)(H,18,20)(H,21,22). The minimum atomic E-state index is -1.48. The third-order valence-corrected chi connectivity index (χ3v) is 4.16. The van der Waals surface area contributed by atoms with Crippen LogP contribution in [0.4, 0.5) is 10.1 Å². The molecule has 7 nitrogen and oxygen atoms in total. The van der Waals surface area contributed by atoms with Crippen LogP contribution in [0.3, 0.4) is 0 Å². The molecule has 2 heterocycles. The van der Waals surface area contributed by atoms with E-state index in [0.717, 1.165) is 6.07 Å². The Hall–Kier alpha value is -2.48. The zero-order chi connectivity index (χ0) is 16.6. The Balaban J connectivity index is 1.88. The maximum absolute atomic E-state index is 13.3. The number of carbonyl (C=O) groups is 3. The van der Waals surface area contributed by atoms with Crippen LogP contribution in [0, 0.1) is 5.82 Å². The molecule has 1 aromatic rings. The maximum atomic E-state index is 13.3. The molecular formula is C15H15FN2O5. The minimum absolute atomic E-state index is 0.122. The monoisotopic (exact) mass is 322 g/mol. The van der Waals surface area contributed by atoms with Gasteiger partial charge in [0, 0.05) is 25.1 Å². The first kappa shape index (κ1) is 15.4. The Morgan fingerprint density at radius 1 is 1.43 bits per heavy atom. The number of hydrogen-bond donors (Lipinski definition) is 3. The summed E-state index contributed by atoms with van der Waals surface area (Å²) in [6.45, 7) is 0.114. The van der Waals surface area contributed by atoms with Crippen molar-refractivity contribution in [2.24, 2.45) is 0 Å². The van der Waals surface area contributed by atoms with Crippen LogP contribution in [0.5, 0.6) is 0 Å². The van der Waals surface area contributed by atoms with Crippen LogP contribution in [-0.4, -0.2) is 41.6 Å². The molecule has 3 rings (SSSR count). The Labute approximate surface area is 130 Å². The molecule has 2 unspecified atom stereocenters. The van der Waals surface area contributed by atoms with E-state index in [1.807, 2.05) is 0 Å². The second-order valence-electron chi connectivity index (χ2n) is 5.72. The van der Waals surface area contributed by atoms with Crippen LogP contribution >= 0.6 is 0 Å². The fourth-order valence-corrected chi connectivity index (χ4v) is 2.88. The highest BCUT2D eigenvalue weighted by Gasteiger charge is 2.45. The van der Waals surface area contributed by atoms with Crippen LogP contribution in [0.25, 0.3) is 0 Å². The quantitative estimate of drug-likeness (QED) is 0.756. The summed E-state index contributed by atoms with van der Waals surface area (Å²) < 4.78 is 18.4. The molecule has 1 saturated heterocycles. The average molecular weight is 322 g/mol. The van der Waals surface area contributed by atoms with Crippen LogP contribution in [0.1, 0.15) is 24.3 Å².